The van der Waals surface area contributed by atoms with Gasteiger partial charge in [-0.2, -0.15) is 14.6 Å². The Bertz CT molecular complexity index is 1990. The molecule has 198 valence electrons. The second-order valence-corrected chi connectivity index (χ2v) is 10.9. The Morgan fingerprint density at radius 2 is 1.85 bits per heavy atom. The lowest BCUT2D eigenvalue weighted by molar-refractivity contribution is 0.0852. The van der Waals surface area contributed by atoms with Crippen LogP contribution in [0, 0.1) is 0 Å². The molecule has 3 aromatic carbocycles. The van der Waals surface area contributed by atoms with Gasteiger partial charge in [0.1, 0.15) is 18.1 Å². The summed E-state index contributed by atoms with van der Waals surface area (Å²) in [6.45, 7) is 0.265. The van der Waals surface area contributed by atoms with E-state index in [9.17, 15) is 4.79 Å². The molecule has 0 saturated heterocycles. The molecule has 7 rings (SSSR count). The smallest absolute Gasteiger partial charge is 0.291 e. The van der Waals surface area contributed by atoms with Gasteiger partial charge in [0, 0.05) is 17.3 Å². The summed E-state index contributed by atoms with van der Waals surface area (Å²) in [5.41, 5.74) is 3.02. The van der Waals surface area contributed by atoms with Crippen LogP contribution in [0.4, 0.5) is 0 Å². The summed E-state index contributed by atoms with van der Waals surface area (Å²) in [5.74, 6) is 2.43. The predicted octanol–water partition coefficient (Wildman–Crippen LogP) is 4.84. The Kier molecular flexibility index (Phi) is 6.09. The van der Waals surface area contributed by atoms with E-state index in [1.807, 2.05) is 85.1 Å². The molecule has 1 unspecified atom stereocenters. The van der Waals surface area contributed by atoms with Crippen LogP contribution >= 0.6 is 27.3 Å². The molecule has 0 radical (unpaired) electrons. The van der Waals surface area contributed by atoms with Gasteiger partial charge in [0.25, 0.3) is 5.56 Å². The number of hydrogen-bond donors (Lipinski definition) is 0. The van der Waals surface area contributed by atoms with Crippen molar-refractivity contribution in [3.8, 4) is 34.2 Å². The number of para-hydroxylation sites is 3. The molecule has 0 spiro atoms. The lowest BCUT2D eigenvalue weighted by atomic mass is 10.1. The number of halogens is 1. The highest BCUT2D eigenvalue weighted by Gasteiger charge is 2.27. The molecule has 9 nitrogen and oxygen atoms in total. The third kappa shape index (κ3) is 4.33. The summed E-state index contributed by atoms with van der Waals surface area (Å²) in [6.07, 6.45) is 3.24. The number of hydrogen-bond acceptors (Lipinski definition) is 8. The normalized spacial score (nSPS) is 15.1. The van der Waals surface area contributed by atoms with Crippen molar-refractivity contribution in [2.45, 2.75) is 6.10 Å². The van der Waals surface area contributed by atoms with Crippen molar-refractivity contribution < 1.29 is 14.2 Å². The fourth-order valence-corrected chi connectivity index (χ4v) is 5.96. The highest BCUT2D eigenvalue weighted by Crippen LogP contribution is 2.35. The number of rotatable bonds is 5. The van der Waals surface area contributed by atoms with E-state index in [4.69, 9.17) is 19.3 Å². The van der Waals surface area contributed by atoms with E-state index in [2.05, 4.69) is 26.0 Å². The first-order valence-electron chi connectivity index (χ1n) is 12.4. The quantitative estimate of drug-likeness (QED) is 0.275. The van der Waals surface area contributed by atoms with Crippen LogP contribution in [0.5, 0.6) is 17.2 Å². The zero-order valence-corrected chi connectivity index (χ0v) is 23.4. The number of nitrogens with zero attached hydrogens (tertiary/aromatic N) is 5. The van der Waals surface area contributed by atoms with Crippen LogP contribution in [-0.4, -0.2) is 38.1 Å². The highest BCUT2D eigenvalue weighted by atomic mass is 79.9. The summed E-state index contributed by atoms with van der Waals surface area (Å²) in [5, 5.41) is 9.34. The second-order valence-electron chi connectivity index (χ2n) is 9.01. The van der Waals surface area contributed by atoms with Crippen LogP contribution in [0.3, 0.4) is 0 Å². The minimum Gasteiger partial charge on any atom is -0.496 e. The number of ether oxygens (including phenoxy) is 3. The molecule has 0 bridgehead atoms. The van der Waals surface area contributed by atoms with Gasteiger partial charge in [0.2, 0.25) is 4.96 Å². The Labute approximate surface area is 240 Å². The van der Waals surface area contributed by atoms with E-state index in [-0.39, 0.29) is 12.2 Å². The molecule has 0 aliphatic carbocycles. The molecule has 0 saturated carbocycles. The van der Waals surface area contributed by atoms with Crippen LogP contribution in [-0.2, 0) is 0 Å². The maximum Gasteiger partial charge on any atom is 0.291 e. The molecule has 1 aliphatic heterocycles. The van der Waals surface area contributed by atoms with Crippen molar-refractivity contribution in [2.24, 2.45) is 0 Å². The molecule has 1 aliphatic rings. The van der Waals surface area contributed by atoms with Crippen molar-refractivity contribution in [1.82, 2.24) is 24.4 Å². The molecular weight excluding hydrogens is 594 g/mol. The first-order chi connectivity index (χ1) is 19.6. The fourth-order valence-electron chi connectivity index (χ4n) is 4.52. The van der Waals surface area contributed by atoms with Crippen LogP contribution in [0.1, 0.15) is 17.5 Å². The molecule has 4 heterocycles. The van der Waals surface area contributed by atoms with Gasteiger partial charge in [-0.15, -0.1) is 5.10 Å². The molecule has 3 aromatic heterocycles. The van der Waals surface area contributed by atoms with Gasteiger partial charge in [0.15, 0.2) is 23.4 Å². The van der Waals surface area contributed by atoms with E-state index in [1.165, 1.54) is 15.9 Å². The van der Waals surface area contributed by atoms with Crippen molar-refractivity contribution in [3.63, 3.8) is 0 Å². The first kappa shape index (κ1) is 24.6. The molecule has 6 aromatic rings. The molecular formula is C29H20BrN5O4S. The molecule has 0 amide bonds. The van der Waals surface area contributed by atoms with Gasteiger partial charge >= 0.3 is 0 Å². The molecule has 1 atom stereocenters. The van der Waals surface area contributed by atoms with Gasteiger partial charge < -0.3 is 14.2 Å². The number of thiazole rings is 1. The predicted molar refractivity (Wildman–Crippen MR) is 154 cm³/mol. The lowest BCUT2D eigenvalue weighted by Gasteiger charge is -2.24. The van der Waals surface area contributed by atoms with Crippen molar-refractivity contribution in [1.29, 1.82) is 0 Å². The third-order valence-electron chi connectivity index (χ3n) is 6.47. The topological polar surface area (TPSA) is 92.8 Å². The van der Waals surface area contributed by atoms with Crippen molar-refractivity contribution in [2.75, 3.05) is 13.7 Å². The van der Waals surface area contributed by atoms with Crippen molar-refractivity contribution >= 4 is 38.3 Å². The Hall–Kier alpha value is -4.48. The van der Waals surface area contributed by atoms with E-state index in [1.54, 1.807) is 11.8 Å². The highest BCUT2D eigenvalue weighted by molar-refractivity contribution is 9.10. The summed E-state index contributed by atoms with van der Waals surface area (Å²) < 4.78 is 21.6. The van der Waals surface area contributed by atoms with Crippen LogP contribution in [0.2, 0.25) is 0 Å². The first-order valence-corrected chi connectivity index (χ1v) is 14.0. The second kappa shape index (κ2) is 9.92. The number of fused-ring (bicyclic) bond motifs is 2. The van der Waals surface area contributed by atoms with E-state index in [0.29, 0.717) is 26.8 Å². The summed E-state index contributed by atoms with van der Waals surface area (Å²) in [6, 6.07) is 23.0. The van der Waals surface area contributed by atoms with Crippen molar-refractivity contribution in [3.05, 3.63) is 110 Å². The van der Waals surface area contributed by atoms with Crippen LogP contribution in [0.25, 0.3) is 28.0 Å². The van der Waals surface area contributed by atoms with Gasteiger partial charge in [-0.05, 0) is 64.5 Å². The summed E-state index contributed by atoms with van der Waals surface area (Å²) in [7, 11) is 1.62. The molecule has 0 N–H and O–H groups in total. The van der Waals surface area contributed by atoms with E-state index >= 15 is 0 Å². The average Bonchev–Trinajstić information content (AvgIpc) is 3.68. The SMILES string of the molecule is COc1ccc(-c2nn(-c3ccccc3)cc2C=c2sc3nc(C4COc5ccccc5O4)nn3c2=O)cc1Br. The van der Waals surface area contributed by atoms with Gasteiger partial charge in [-0.1, -0.05) is 41.7 Å². The fraction of sp³-hybridized carbons (Fsp3) is 0.103. The number of aromatic nitrogens is 5. The standard InChI is InChI=1S/C29H20BrN5O4S/c1-37-21-12-11-17(13-20(21)30)26-18(15-34(32-26)19-7-3-2-4-8-19)14-25-28(36)35-29(40-25)31-27(33-35)24-16-38-22-9-5-6-10-23(22)39-24/h2-15,24H,16H2,1H3. The van der Waals surface area contributed by atoms with Crippen LogP contribution in [0.15, 0.2) is 88.3 Å². The van der Waals surface area contributed by atoms with E-state index in [0.717, 1.165) is 32.7 Å². The van der Waals surface area contributed by atoms with Crippen LogP contribution < -0.4 is 24.3 Å². The maximum absolute atomic E-state index is 13.4. The zero-order valence-electron chi connectivity index (χ0n) is 21.0. The third-order valence-corrected chi connectivity index (χ3v) is 8.05. The van der Waals surface area contributed by atoms with Gasteiger partial charge in [-0.25, -0.2) is 4.68 Å². The maximum atomic E-state index is 13.4. The Morgan fingerprint density at radius 3 is 2.62 bits per heavy atom. The molecule has 11 heteroatoms. The average molecular weight is 614 g/mol. The Balaban J connectivity index is 1.29. The number of benzene rings is 3. The summed E-state index contributed by atoms with van der Waals surface area (Å²) in [4.78, 5) is 18.5. The zero-order chi connectivity index (χ0) is 27.2. The summed E-state index contributed by atoms with van der Waals surface area (Å²) >= 11 is 4.84. The minimum absolute atomic E-state index is 0.259. The van der Waals surface area contributed by atoms with Gasteiger partial charge in [0.05, 0.1) is 21.8 Å². The number of methoxy groups -OCH3 is 1. The lowest BCUT2D eigenvalue weighted by Crippen LogP contribution is -2.26. The molecule has 0 fully saturated rings. The van der Waals surface area contributed by atoms with E-state index < -0.39 is 6.10 Å². The largest absolute Gasteiger partial charge is 0.496 e. The van der Waals surface area contributed by atoms with Gasteiger partial charge in [-0.3, -0.25) is 4.79 Å². The monoisotopic (exact) mass is 613 g/mol. The Morgan fingerprint density at radius 1 is 1.05 bits per heavy atom. The minimum atomic E-state index is -0.502. The molecule has 40 heavy (non-hydrogen) atoms.